The summed E-state index contributed by atoms with van der Waals surface area (Å²) in [6, 6.07) is 1.36. The van der Waals surface area contributed by atoms with Gasteiger partial charge in [-0.2, -0.15) is 0 Å². The van der Waals surface area contributed by atoms with Crippen LogP contribution in [0.25, 0.3) is 0 Å². The Morgan fingerprint density at radius 1 is 1.12 bits per heavy atom. The first-order chi connectivity index (χ1) is 11.7. The third kappa shape index (κ3) is 5.10. The summed E-state index contributed by atoms with van der Waals surface area (Å²) in [5, 5.41) is 2.74. The van der Waals surface area contributed by atoms with E-state index in [1.807, 2.05) is 0 Å². The van der Waals surface area contributed by atoms with Crippen molar-refractivity contribution in [2.24, 2.45) is 0 Å². The van der Waals surface area contributed by atoms with E-state index in [-0.39, 0.29) is 6.04 Å². The van der Waals surface area contributed by atoms with Crippen LogP contribution in [0.5, 0.6) is 0 Å². The molecule has 0 heterocycles. The standard InChI is InChI=1S/C16H21F3N2O3S/c1-25(23,24)21(13-9-8-12(17)15(18)16(13)19)10-14(22)20-11-6-4-2-3-5-7-11/h8-9,11H,2-7,10H2,1H3,(H,20,22). The lowest BCUT2D eigenvalue weighted by Crippen LogP contribution is -2.44. The molecule has 1 aliphatic rings. The van der Waals surface area contributed by atoms with Crippen LogP contribution < -0.4 is 9.62 Å². The first kappa shape index (κ1) is 19.6. The minimum absolute atomic E-state index is 0.0637. The second kappa shape index (κ2) is 8.07. The summed E-state index contributed by atoms with van der Waals surface area (Å²) in [6.45, 7) is -0.697. The van der Waals surface area contributed by atoms with Gasteiger partial charge in [-0.15, -0.1) is 0 Å². The van der Waals surface area contributed by atoms with Crippen LogP contribution in [0.3, 0.4) is 0 Å². The summed E-state index contributed by atoms with van der Waals surface area (Å²) in [4.78, 5) is 12.2. The fourth-order valence-corrected chi connectivity index (χ4v) is 3.77. The van der Waals surface area contributed by atoms with Crippen LogP contribution in [-0.4, -0.2) is 33.2 Å². The van der Waals surface area contributed by atoms with Gasteiger partial charge in [0.25, 0.3) is 0 Å². The van der Waals surface area contributed by atoms with E-state index in [0.717, 1.165) is 50.8 Å². The number of nitrogens with one attached hydrogen (secondary N) is 1. The van der Waals surface area contributed by atoms with Crippen molar-refractivity contribution in [2.75, 3.05) is 17.1 Å². The SMILES string of the molecule is CS(=O)(=O)N(CC(=O)NC1CCCCCC1)c1ccc(F)c(F)c1F. The number of halogens is 3. The van der Waals surface area contributed by atoms with Crippen molar-refractivity contribution in [2.45, 2.75) is 44.6 Å². The molecule has 1 aromatic carbocycles. The van der Waals surface area contributed by atoms with Crippen LogP contribution in [-0.2, 0) is 14.8 Å². The van der Waals surface area contributed by atoms with Crippen LogP contribution >= 0.6 is 0 Å². The summed E-state index contributed by atoms with van der Waals surface area (Å²) >= 11 is 0. The largest absolute Gasteiger partial charge is 0.352 e. The van der Waals surface area contributed by atoms with Gasteiger partial charge in [-0.1, -0.05) is 25.7 Å². The van der Waals surface area contributed by atoms with Crippen LogP contribution in [0.4, 0.5) is 18.9 Å². The van der Waals surface area contributed by atoms with Crippen molar-refractivity contribution in [1.82, 2.24) is 5.32 Å². The molecule has 0 unspecified atom stereocenters. The second-order valence-corrected chi connectivity index (χ2v) is 8.13. The lowest BCUT2D eigenvalue weighted by molar-refractivity contribution is -0.120. The monoisotopic (exact) mass is 378 g/mol. The third-order valence-corrected chi connectivity index (χ3v) is 5.32. The van der Waals surface area contributed by atoms with Crippen molar-refractivity contribution >= 4 is 21.6 Å². The predicted octanol–water partition coefficient (Wildman–Crippen LogP) is 2.71. The topological polar surface area (TPSA) is 66.5 Å². The molecule has 1 saturated carbocycles. The quantitative estimate of drug-likeness (QED) is 0.633. The average molecular weight is 378 g/mol. The van der Waals surface area contributed by atoms with E-state index < -0.39 is 45.6 Å². The minimum atomic E-state index is -4.07. The Kier molecular flexibility index (Phi) is 6.31. The molecule has 25 heavy (non-hydrogen) atoms. The van der Waals surface area contributed by atoms with E-state index in [4.69, 9.17) is 0 Å². The van der Waals surface area contributed by atoms with Gasteiger partial charge in [-0.05, 0) is 25.0 Å². The summed E-state index contributed by atoms with van der Waals surface area (Å²) in [6.07, 6.45) is 6.47. The van der Waals surface area contributed by atoms with Gasteiger partial charge < -0.3 is 5.32 Å². The van der Waals surface area contributed by atoms with Crippen molar-refractivity contribution in [3.63, 3.8) is 0 Å². The molecular weight excluding hydrogens is 357 g/mol. The first-order valence-electron chi connectivity index (χ1n) is 8.10. The lowest BCUT2D eigenvalue weighted by atomic mass is 10.1. The normalized spacial score (nSPS) is 16.3. The van der Waals surface area contributed by atoms with Crippen molar-refractivity contribution in [3.05, 3.63) is 29.6 Å². The Balaban J connectivity index is 2.19. The fraction of sp³-hybridized carbons (Fsp3) is 0.562. The maximum Gasteiger partial charge on any atom is 0.240 e. The van der Waals surface area contributed by atoms with Gasteiger partial charge in [0.15, 0.2) is 17.5 Å². The van der Waals surface area contributed by atoms with Crippen LogP contribution in [0.1, 0.15) is 38.5 Å². The summed E-state index contributed by atoms with van der Waals surface area (Å²) in [5.41, 5.74) is -0.697. The zero-order valence-electron chi connectivity index (χ0n) is 13.9. The fourth-order valence-electron chi connectivity index (χ4n) is 2.92. The highest BCUT2D eigenvalue weighted by Gasteiger charge is 2.27. The molecule has 0 atom stereocenters. The third-order valence-electron chi connectivity index (χ3n) is 4.19. The summed E-state index contributed by atoms with van der Waals surface area (Å²) < 4.78 is 64.7. The maximum absolute atomic E-state index is 14.0. The predicted molar refractivity (Wildman–Crippen MR) is 88.1 cm³/mol. The second-order valence-electron chi connectivity index (χ2n) is 6.22. The molecule has 9 heteroatoms. The van der Waals surface area contributed by atoms with E-state index in [2.05, 4.69) is 5.32 Å². The van der Waals surface area contributed by atoms with Gasteiger partial charge in [-0.25, -0.2) is 21.6 Å². The Morgan fingerprint density at radius 2 is 1.72 bits per heavy atom. The lowest BCUT2D eigenvalue weighted by Gasteiger charge is -2.24. The Bertz CT molecular complexity index is 732. The van der Waals surface area contributed by atoms with Crippen LogP contribution in [0.2, 0.25) is 0 Å². The van der Waals surface area contributed by atoms with Gasteiger partial charge in [0, 0.05) is 6.04 Å². The first-order valence-corrected chi connectivity index (χ1v) is 9.95. The number of carbonyl (C=O) groups excluding carboxylic acids is 1. The molecule has 5 nitrogen and oxygen atoms in total. The highest BCUT2D eigenvalue weighted by Crippen LogP contribution is 2.25. The molecule has 0 aliphatic heterocycles. The molecule has 1 fully saturated rings. The number of hydrogen-bond acceptors (Lipinski definition) is 3. The number of anilines is 1. The summed E-state index contributed by atoms with van der Waals surface area (Å²) in [7, 11) is -4.07. The molecule has 1 amide bonds. The number of amides is 1. The van der Waals surface area contributed by atoms with Crippen molar-refractivity contribution < 1.29 is 26.4 Å². The van der Waals surface area contributed by atoms with E-state index in [9.17, 15) is 26.4 Å². The smallest absolute Gasteiger partial charge is 0.240 e. The van der Waals surface area contributed by atoms with E-state index in [0.29, 0.717) is 10.4 Å². The molecule has 0 saturated heterocycles. The molecule has 0 spiro atoms. The van der Waals surface area contributed by atoms with Crippen molar-refractivity contribution in [3.8, 4) is 0 Å². The van der Waals surface area contributed by atoms with Crippen molar-refractivity contribution in [1.29, 1.82) is 0 Å². The average Bonchev–Trinajstić information content (AvgIpc) is 2.79. The number of hydrogen-bond donors (Lipinski definition) is 1. The van der Waals surface area contributed by atoms with Crippen LogP contribution in [0, 0.1) is 17.5 Å². The summed E-state index contributed by atoms with van der Waals surface area (Å²) in [5.74, 6) is -5.47. The molecular formula is C16H21F3N2O3S. The van der Waals surface area contributed by atoms with Gasteiger partial charge in [0.05, 0.1) is 11.9 Å². The Hall–Kier alpha value is -1.77. The van der Waals surface area contributed by atoms with Gasteiger partial charge in [0.2, 0.25) is 15.9 Å². The molecule has 0 radical (unpaired) electrons. The van der Waals surface area contributed by atoms with Crippen LogP contribution in [0.15, 0.2) is 12.1 Å². The number of carbonyl (C=O) groups is 1. The molecule has 140 valence electrons. The van der Waals surface area contributed by atoms with Gasteiger partial charge in [-0.3, -0.25) is 9.10 Å². The number of rotatable bonds is 5. The van der Waals surface area contributed by atoms with Gasteiger partial charge >= 0.3 is 0 Å². The maximum atomic E-state index is 14.0. The number of sulfonamides is 1. The Labute approximate surface area is 145 Å². The zero-order valence-corrected chi connectivity index (χ0v) is 14.7. The number of nitrogens with zero attached hydrogens (tertiary/aromatic N) is 1. The highest BCUT2D eigenvalue weighted by molar-refractivity contribution is 7.92. The van der Waals surface area contributed by atoms with E-state index >= 15 is 0 Å². The highest BCUT2D eigenvalue weighted by atomic mass is 32.2. The number of benzene rings is 1. The molecule has 1 aliphatic carbocycles. The molecule has 2 rings (SSSR count). The van der Waals surface area contributed by atoms with E-state index in [1.165, 1.54) is 0 Å². The van der Waals surface area contributed by atoms with E-state index in [1.54, 1.807) is 0 Å². The molecule has 1 N–H and O–H groups in total. The minimum Gasteiger partial charge on any atom is -0.352 e. The van der Waals surface area contributed by atoms with Gasteiger partial charge in [0.1, 0.15) is 6.54 Å². The zero-order chi connectivity index (χ0) is 18.6. The molecule has 1 aromatic rings. The Morgan fingerprint density at radius 3 is 2.28 bits per heavy atom. The molecule has 0 aromatic heterocycles. The molecule has 0 bridgehead atoms.